The van der Waals surface area contributed by atoms with Gasteiger partial charge >= 0.3 is 0 Å². The van der Waals surface area contributed by atoms with Crippen LogP contribution >= 0.6 is 0 Å². The Morgan fingerprint density at radius 2 is 1.12 bits per heavy atom. The van der Waals surface area contributed by atoms with Crippen LogP contribution in [-0.4, -0.2) is 41.7 Å². The van der Waals surface area contributed by atoms with Crippen LogP contribution in [0.3, 0.4) is 0 Å². The van der Waals surface area contributed by atoms with Crippen LogP contribution in [0.1, 0.15) is 71.6 Å². The molecule has 148 valence electrons. The Bertz CT molecular complexity index is 307. The van der Waals surface area contributed by atoms with Gasteiger partial charge in [0.15, 0.2) is 0 Å². The van der Waals surface area contributed by atoms with E-state index >= 15 is 0 Å². The maximum Gasteiger partial charge on any atom is 0.119 e. The number of rotatable bonds is 12. The summed E-state index contributed by atoms with van der Waals surface area (Å²) in [7, 11) is 0. The van der Waals surface area contributed by atoms with Gasteiger partial charge in [-0.05, 0) is 25.0 Å². The van der Waals surface area contributed by atoms with Crippen molar-refractivity contribution in [3.63, 3.8) is 0 Å². The zero-order chi connectivity index (χ0) is 19.0. The average molecular weight is 357 g/mol. The van der Waals surface area contributed by atoms with Crippen molar-refractivity contribution in [3.8, 4) is 5.75 Å². The molecule has 0 heterocycles. The van der Waals surface area contributed by atoms with E-state index in [1.165, 1.54) is 44.9 Å². The minimum Gasteiger partial charge on any atom is -0.491 e. The first kappa shape index (κ1) is 26.1. The maximum absolute atomic E-state index is 8.40. The number of aliphatic hydroxyl groups is 3. The van der Waals surface area contributed by atoms with Crippen molar-refractivity contribution in [1.29, 1.82) is 0 Å². The largest absolute Gasteiger partial charge is 0.491 e. The Hall–Kier alpha value is -1.10. The van der Waals surface area contributed by atoms with E-state index in [-0.39, 0.29) is 6.61 Å². The first-order chi connectivity index (χ1) is 12.3. The molecule has 0 saturated heterocycles. The fourth-order valence-electron chi connectivity index (χ4n) is 1.93. The van der Waals surface area contributed by atoms with Crippen molar-refractivity contribution in [2.75, 3.05) is 26.4 Å². The van der Waals surface area contributed by atoms with Gasteiger partial charge in [0, 0.05) is 13.2 Å². The summed E-state index contributed by atoms with van der Waals surface area (Å²) < 4.78 is 5.11. The minimum atomic E-state index is 0.0644. The molecule has 0 aromatic heterocycles. The Kier molecular flexibility index (Phi) is 26.3. The van der Waals surface area contributed by atoms with Crippen LogP contribution in [0, 0.1) is 0 Å². The lowest BCUT2D eigenvalue weighted by Crippen LogP contribution is -2.00. The third-order valence-electron chi connectivity index (χ3n) is 3.38. The molecule has 0 spiro atoms. The lowest BCUT2D eigenvalue weighted by molar-refractivity contribution is 0.201. The average Bonchev–Trinajstić information content (AvgIpc) is 2.66. The molecule has 0 amide bonds. The normalized spacial score (nSPS) is 9.48. The molecule has 0 atom stereocenters. The Balaban J connectivity index is 0. The molecule has 1 aromatic rings. The molecule has 25 heavy (non-hydrogen) atoms. The van der Waals surface area contributed by atoms with E-state index in [9.17, 15) is 0 Å². The van der Waals surface area contributed by atoms with Gasteiger partial charge in [0.2, 0.25) is 0 Å². The van der Waals surface area contributed by atoms with Crippen molar-refractivity contribution >= 4 is 0 Å². The molecule has 0 unspecified atom stereocenters. The topological polar surface area (TPSA) is 69.9 Å². The summed E-state index contributed by atoms with van der Waals surface area (Å²) in [4.78, 5) is 0. The van der Waals surface area contributed by atoms with Gasteiger partial charge in [-0.15, -0.1) is 0 Å². The number of aliphatic hydroxyl groups excluding tert-OH is 3. The summed E-state index contributed by atoms with van der Waals surface area (Å²) in [6.45, 7) is 5.51. The van der Waals surface area contributed by atoms with Crippen LogP contribution in [0.2, 0.25) is 0 Å². The summed E-state index contributed by atoms with van der Waals surface area (Å²) in [5.74, 6) is 0.802. The standard InChI is InChI=1S/C8H10O2.C7H16O.C6H14O/c9-6-7-10-8-4-2-1-3-5-8;1-2-3-4-5-6-7-8;1-2-3-4-5-6-7/h1-5,9H,6-7H2;8H,2-7H2,1H3;7H,2-6H2,1H3. The molecular weight excluding hydrogens is 316 g/mol. The van der Waals surface area contributed by atoms with E-state index in [1.807, 2.05) is 30.3 Å². The summed E-state index contributed by atoms with van der Waals surface area (Å²) in [5, 5.41) is 25.1. The van der Waals surface area contributed by atoms with Crippen molar-refractivity contribution in [2.45, 2.75) is 71.6 Å². The van der Waals surface area contributed by atoms with Crippen LogP contribution in [0.25, 0.3) is 0 Å². The van der Waals surface area contributed by atoms with Crippen LogP contribution < -0.4 is 4.74 Å². The van der Waals surface area contributed by atoms with Crippen LogP contribution in [0.5, 0.6) is 5.75 Å². The SMILES string of the molecule is CCCCCCCO.CCCCCCO.OCCOc1ccccc1. The molecule has 0 bridgehead atoms. The second-order valence-corrected chi connectivity index (χ2v) is 5.81. The van der Waals surface area contributed by atoms with Gasteiger partial charge in [-0.1, -0.05) is 77.0 Å². The lowest BCUT2D eigenvalue weighted by Gasteiger charge is -2.01. The van der Waals surface area contributed by atoms with E-state index in [2.05, 4.69) is 13.8 Å². The molecule has 3 N–H and O–H groups in total. The third-order valence-corrected chi connectivity index (χ3v) is 3.38. The second kappa shape index (κ2) is 25.1. The van der Waals surface area contributed by atoms with Gasteiger partial charge in [0.25, 0.3) is 0 Å². The summed E-state index contributed by atoms with van der Waals surface area (Å²) in [5.41, 5.74) is 0. The zero-order valence-electron chi connectivity index (χ0n) is 16.3. The number of hydrogen-bond acceptors (Lipinski definition) is 4. The van der Waals surface area contributed by atoms with Gasteiger partial charge in [-0.2, -0.15) is 0 Å². The smallest absolute Gasteiger partial charge is 0.119 e. The molecule has 4 nitrogen and oxygen atoms in total. The number of ether oxygens (including phenoxy) is 1. The molecule has 1 rings (SSSR count). The second-order valence-electron chi connectivity index (χ2n) is 5.81. The van der Waals surface area contributed by atoms with E-state index in [1.54, 1.807) is 0 Å². The molecule has 0 aliphatic heterocycles. The van der Waals surface area contributed by atoms with Gasteiger partial charge in [-0.25, -0.2) is 0 Å². The molecule has 0 aliphatic rings. The Morgan fingerprint density at radius 3 is 1.56 bits per heavy atom. The highest BCUT2D eigenvalue weighted by molar-refractivity contribution is 5.20. The van der Waals surface area contributed by atoms with E-state index in [4.69, 9.17) is 20.1 Å². The molecule has 0 aliphatic carbocycles. The molecular formula is C21H40O4. The number of benzene rings is 1. The van der Waals surface area contributed by atoms with Crippen LogP contribution in [-0.2, 0) is 0 Å². The van der Waals surface area contributed by atoms with E-state index < -0.39 is 0 Å². The quantitative estimate of drug-likeness (QED) is 0.480. The molecule has 4 heteroatoms. The van der Waals surface area contributed by atoms with Crippen molar-refractivity contribution in [1.82, 2.24) is 0 Å². The Labute approximate surface area is 154 Å². The third kappa shape index (κ3) is 25.3. The highest BCUT2D eigenvalue weighted by Crippen LogP contribution is 2.07. The highest BCUT2D eigenvalue weighted by atomic mass is 16.5. The minimum absolute atomic E-state index is 0.0644. The first-order valence-corrected chi connectivity index (χ1v) is 9.77. The monoisotopic (exact) mass is 356 g/mol. The molecule has 0 saturated carbocycles. The van der Waals surface area contributed by atoms with Gasteiger partial charge < -0.3 is 20.1 Å². The van der Waals surface area contributed by atoms with Crippen LogP contribution in [0.15, 0.2) is 30.3 Å². The van der Waals surface area contributed by atoms with Crippen LogP contribution in [0.4, 0.5) is 0 Å². The predicted octanol–water partition coefficient (Wildman–Crippen LogP) is 4.57. The molecule has 0 radical (unpaired) electrons. The fraction of sp³-hybridized carbons (Fsp3) is 0.714. The summed E-state index contributed by atoms with van der Waals surface area (Å²) in [6, 6.07) is 9.43. The zero-order valence-corrected chi connectivity index (χ0v) is 16.3. The number of para-hydroxylation sites is 1. The van der Waals surface area contributed by atoms with Gasteiger partial charge in [0.1, 0.15) is 12.4 Å². The van der Waals surface area contributed by atoms with Crippen molar-refractivity contribution < 1.29 is 20.1 Å². The van der Waals surface area contributed by atoms with E-state index in [0.29, 0.717) is 19.8 Å². The molecule has 1 aromatic carbocycles. The fourth-order valence-corrected chi connectivity index (χ4v) is 1.93. The van der Waals surface area contributed by atoms with Gasteiger partial charge in [0.05, 0.1) is 6.61 Å². The first-order valence-electron chi connectivity index (χ1n) is 9.77. The Morgan fingerprint density at radius 1 is 0.640 bits per heavy atom. The summed E-state index contributed by atoms with van der Waals surface area (Å²) in [6.07, 6.45) is 10.8. The highest BCUT2D eigenvalue weighted by Gasteiger charge is 1.87. The van der Waals surface area contributed by atoms with Gasteiger partial charge in [-0.3, -0.25) is 0 Å². The summed E-state index contributed by atoms with van der Waals surface area (Å²) >= 11 is 0. The number of hydrogen-bond donors (Lipinski definition) is 3. The van der Waals surface area contributed by atoms with Crippen molar-refractivity contribution in [3.05, 3.63) is 30.3 Å². The number of unbranched alkanes of at least 4 members (excludes halogenated alkanes) is 7. The molecule has 0 fully saturated rings. The lowest BCUT2D eigenvalue weighted by atomic mass is 10.2. The van der Waals surface area contributed by atoms with Crippen molar-refractivity contribution in [2.24, 2.45) is 0 Å². The maximum atomic E-state index is 8.40. The van der Waals surface area contributed by atoms with E-state index in [0.717, 1.165) is 18.6 Å². The predicted molar refractivity (Wildman–Crippen MR) is 106 cm³/mol.